The van der Waals surface area contributed by atoms with Crippen LogP contribution >= 0.6 is 0 Å². The molecule has 3 aromatic rings. The van der Waals surface area contributed by atoms with Gasteiger partial charge in [-0.1, -0.05) is 36.4 Å². The standard InChI is InChI=1S/C20H21N3O2S/c24-26(25,16-10-17-5-2-1-3-6-17)23-13-9-18-19(7-4-8-20(18)23)22-14-11-21-12-15-22/h1-10,13,16,21H,11-12,14-15H2. The monoisotopic (exact) mass is 367 g/mol. The number of hydrogen-bond acceptors (Lipinski definition) is 4. The summed E-state index contributed by atoms with van der Waals surface area (Å²) in [7, 11) is -3.58. The molecule has 5 nitrogen and oxygen atoms in total. The lowest BCUT2D eigenvalue weighted by molar-refractivity contribution is 0.590. The van der Waals surface area contributed by atoms with Gasteiger partial charge in [0.05, 0.1) is 10.9 Å². The quantitative estimate of drug-likeness (QED) is 0.770. The lowest BCUT2D eigenvalue weighted by atomic mass is 10.2. The van der Waals surface area contributed by atoms with Crippen LogP contribution in [0.1, 0.15) is 5.56 Å². The van der Waals surface area contributed by atoms with Crippen molar-refractivity contribution in [2.45, 2.75) is 0 Å². The van der Waals surface area contributed by atoms with Gasteiger partial charge in [0, 0.05) is 43.4 Å². The minimum atomic E-state index is -3.58. The molecule has 0 atom stereocenters. The molecule has 4 rings (SSSR count). The molecule has 6 heteroatoms. The summed E-state index contributed by atoms with van der Waals surface area (Å²) in [5.74, 6) is 0. The number of rotatable bonds is 4. The van der Waals surface area contributed by atoms with Crippen LogP contribution in [0.25, 0.3) is 17.0 Å². The minimum Gasteiger partial charge on any atom is -0.368 e. The predicted octanol–water partition coefficient (Wildman–Crippen LogP) is 2.90. The van der Waals surface area contributed by atoms with E-state index in [0.29, 0.717) is 5.52 Å². The van der Waals surface area contributed by atoms with Crippen LogP contribution in [0.3, 0.4) is 0 Å². The van der Waals surface area contributed by atoms with Crippen molar-refractivity contribution >= 4 is 32.7 Å². The highest BCUT2D eigenvalue weighted by atomic mass is 32.2. The molecule has 0 amide bonds. The van der Waals surface area contributed by atoms with Gasteiger partial charge in [-0.2, -0.15) is 0 Å². The van der Waals surface area contributed by atoms with E-state index >= 15 is 0 Å². The van der Waals surface area contributed by atoms with Gasteiger partial charge in [0.2, 0.25) is 0 Å². The van der Waals surface area contributed by atoms with Crippen LogP contribution in [0, 0.1) is 0 Å². The van der Waals surface area contributed by atoms with Gasteiger partial charge in [-0.05, 0) is 29.8 Å². The summed E-state index contributed by atoms with van der Waals surface area (Å²) < 4.78 is 27.0. The Morgan fingerprint density at radius 2 is 1.69 bits per heavy atom. The van der Waals surface area contributed by atoms with Crippen molar-refractivity contribution in [1.29, 1.82) is 0 Å². The van der Waals surface area contributed by atoms with Crippen molar-refractivity contribution in [2.24, 2.45) is 0 Å². The Labute approximate surface area is 153 Å². The smallest absolute Gasteiger partial charge is 0.261 e. The Morgan fingerprint density at radius 1 is 0.923 bits per heavy atom. The Kier molecular flexibility index (Phi) is 4.53. The molecule has 1 aliphatic heterocycles. The molecule has 1 N–H and O–H groups in total. The maximum Gasteiger partial charge on any atom is 0.261 e. The summed E-state index contributed by atoms with van der Waals surface area (Å²) in [4.78, 5) is 2.30. The van der Waals surface area contributed by atoms with Crippen molar-refractivity contribution in [3.05, 3.63) is 71.8 Å². The molecule has 2 aromatic carbocycles. The maximum absolute atomic E-state index is 12.8. The van der Waals surface area contributed by atoms with Gasteiger partial charge in [-0.15, -0.1) is 0 Å². The lowest BCUT2D eigenvalue weighted by Gasteiger charge is -2.30. The third-order valence-corrected chi connectivity index (χ3v) is 5.98. The van der Waals surface area contributed by atoms with E-state index in [4.69, 9.17) is 0 Å². The summed E-state index contributed by atoms with van der Waals surface area (Å²) >= 11 is 0. The van der Waals surface area contributed by atoms with E-state index < -0.39 is 10.0 Å². The number of fused-ring (bicyclic) bond motifs is 1. The SMILES string of the molecule is O=S(=O)(C=Cc1ccccc1)n1ccc2c(N3CCNCC3)cccc21. The van der Waals surface area contributed by atoms with Crippen LogP contribution in [0.2, 0.25) is 0 Å². The molecule has 1 aromatic heterocycles. The molecular formula is C20H21N3O2S. The fourth-order valence-corrected chi connectivity index (χ4v) is 4.45. The largest absolute Gasteiger partial charge is 0.368 e. The number of nitrogens with one attached hydrogen (secondary N) is 1. The molecule has 0 saturated carbocycles. The first-order valence-corrected chi connectivity index (χ1v) is 10.2. The second-order valence-corrected chi connectivity index (χ2v) is 8.01. The predicted molar refractivity (Wildman–Crippen MR) is 107 cm³/mol. The van der Waals surface area contributed by atoms with Crippen LogP contribution in [0.5, 0.6) is 0 Å². The van der Waals surface area contributed by atoms with E-state index in [2.05, 4.69) is 16.3 Å². The fraction of sp³-hybridized carbons (Fsp3) is 0.200. The van der Waals surface area contributed by atoms with Gasteiger partial charge in [0.25, 0.3) is 10.0 Å². The van der Waals surface area contributed by atoms with Gasteiger partial charge >= 0.3 is 0 Å². The number of anilines is 1. The molecule has 26 heavy (non-hydrogen) atoms. The molecule has 1 fully saturated rings. The van der Waals surface area contributed by atoms with Crippen molar-refractivity contribution in [2.75, 3.05) is 31.1 Å². The molecule has 1 aliphatic rings. The maximum atomic E-state index is 12.8. The Morgan fingerprint density at radius 3 is 2.46 bits per heavy atom. The van der Waals surface area contributed by atoms with Gasteiger partial charge in [-0.3, -0.25) is 0 Å². The Bertz CT molecular complexity index is 1030. The average Bonchev–Trinajstić information content (AvgIpc) is 3.13. The zero-order chi connectivity index (χ0) is 18.0. The van der Waals surface area contributed by atoms with E-state index in [-0.39, 0.29) is 0 Å². The van der Waals surface area contributed by atoms with Crippen LogP contribution < -0.4 is 10.2 Å². The zero-order valence-corrected chi connectivity index (χ0v) is 15.2. The van der Waals surface area contributed by atoms with E-state index in [1.165, 1.54) is 9.38 Å². The van der Waals surface area contributed by atoms with Gasteiger partial charge in [0.1, 0.15) is 0 Å². The fourth-order valence-electron chi connectivity index (χ4n) is 3.32. The molecule has 0 bridgehead atoms. The molecule has 0 radical (unpaired) electrons. The number of nitrogens with zero attached hydrogens (tertiary/aromatic N) is 2. The first-order chi connectivity index (χ1) is 12.6. The van der Waals surface area contributed by atoms with Crippen molar-refractivity contribution in [1.82, 2.24) is 9.29 Å². The number of benzene rings is 2. The third kappa shape index (κ3) is 3.25. The third-order valence-electron chi connectivity index (χ3n) is 4.64. The lowest BCUT2D eigenvalue weighted by Crippen LogP contribution is -2.43. The van der Waals surface area contributed by atoms with E-state index in [0.717, 1.165) is 42.8 Å². The topological polar surface area (TPSA) is 54.3 Å². The highest BCUT2D eigenvalue weighted by molar-refractivity contribution is 7.93. The van der Waals surface area contributed by atoms with Crippen molar-refractivity contribution in [3.63, 3.8) is 0 Å². The Balaban J connectivity index is 1.72. The second-order valence-electron chi connectivity index (χ2n) is 6.32. The first-order valence-electron chi connectivity index (χ1n) is 8.70. The molecule has 0 aliphatic carbocycles. The van der Waals surface area contributed by atoms with Gasteiger partial charge < -0.3 is 10.2 Å². The summed E-state index contributed by atoms with van der Waals surface area (Å²) in [6, 6.07) is 17.2. The normalized spacial score (nSPS) is 15.8. The molecule has 2 heterocycles. The molecular weight excluding hydrogens is 346 g/mol. The Hall–Kier alpha value is -2.57. The van der Waals surface area contributed by atoms with Gasteiger partial charge in [0.15, 0.2) is 0 Å². The van der Waals surface area contributed by atoms with E-state index in [1.54, 1.807) is 12.3 Å². The van der Waals surface area contributed by atoms with Gasteiger partial charge in [-0.25, -0.2) is 12.4 Å². The summed E-state index contributed by atoms with van der Waals surface area (Å²) in [5, 5.41) is 5.57. The molecule has 0 spiro atoms. The number of aromatic nitrogens is 1. The van der Waals surface area contributed by atoms with Crippen LogP contribution in [0.4, 0.5) is 5.69 Å². The molecule has 1 saturated heterocycles. The minimum absolute atomic E-state index is 0.707. The van der Waals surface area contributed by atoms with E-state index in [1.807, 2.05) is 48.5 Å². The van der Waals surface area contributed by atoms with Crippen LogP contribution in [-0.2, 0) is 10.0 Å². The summed E-state index contributed by atoms with van der Waals surface area (Å²) in [6.07, 6.45) is 3.27. The number of hydrogen-bond donors (Lipinski definition) is 1. The summed E-state index contributed by atoms with van der Waals surface area (Å²) in [6.45, 7) is 3.72. The second kappa shape index (κ2) is 6.97. The van der Waals surface area contributed by atoms with E-state index in [9.17, 15) is 8.42 Å². The average molecular weight is 367 g/mol. The highest BCUT2D eigenvalue weighted by Gasteiger charge is 2.18. The number of piperazine rings is 1. The first kappa shape index (κ1) is 16.9. The molecule has 134 valence electrons. The zero-order valence-electron chi connectivity index (χ0n) is 14.4. The van der Waals surface area contributed by atoms with Crippen molar-refractivity contribution < 1.29 is 8.42 Å². The van der Waals surface area contributed by atoms with Crippen LogP contribution in [-0.4, -0.2) is 38.6 Å². The van der Waals surface area contributed by atoms with Crippen molar-refractivity contribution in [3.8, 4) is 0 Å². The summed E-state index contributed by atoms with van der Waals surface area (Å²) in [5.41, 5.74) is 2.65. The van der Waals surface area contributed by atoms with Crippen LogP contribution in [0.15, 0.2) is 66.2 Å². The molecule has 0 unspecified atom stereocenters. The highest BCUT2D eigenvalue weighted by Crippen LogP contribution is 2.29.